The monoisotopic (exact) mass is 390 g/mol. The highest BCUT2D eigenvalue weighted by Crippen LogP contribution is 2.20. The number of carbonyl (C=O) groups excluding carboxylic acids is 2. The fourth-order valence-corrected chi connectivity index (χ4v) is 2.95. The van der Waals surface area contributed by atoms with Crippen LogP contribution in [0.15, 0.2) is 72.4 Å². The van der Waals surface area contributed by atoms with Gasteiger partial charge >= 0.3 is 11.9 Å². The van der Waals surface area contributed by atoms with Crippen molar-refractivity contribution >= 4 is 28.5 Å². The second kappa shape index (κ2) is 9.50. The Bertz CT molecular complexity index is 1060. The van der Waals surface area contributed by atoms with E-state index in [2.05, 4.69) is 16.1 Å². The molecule has 0 radical (unpaired) electrons. The van der Waals surface area contributed by atoms with Crippen molar-refractivity contribution in [3.05, 3.63) is 83.7 Å². The first-order valence-electron chi connectivity index (χ1n) is 9.18. The highest BCUT2D eigenvalue weighted by atomic mass is 16.5. The van der Waals surface area contributed by atoms with Crippen molar-refractivity contribution < 1.29 is 19.1 Å². The fraction of sp³-hybridized carbons (Fsp3) is 0.174. The van der Waals surface area contributed by atoms with E-state index in [9.17, 15) is 9.59 Å². The van der Waals surface area contributed by atoms with Gasteiger partial charge in [-0.1, -0.05) is 42.5 Å². The standard InChI is InChI=1S/C23H22N2O4/c1-28-22(26)15-21(23(27)29-2)25-20-10-6-4-8-17(20)12-14-18-13-11-16-7-3-5-9-19(16)24-18/h3-11,13,15,25H,12,14H2,1-2H3/b21-15+. The Labute approximate surface area is 169 Å². The van der Waals surface area contributed by atoms with Crippen molar-refractivity contribution in [2.24, 2.45) is 0 Å². The van der Waals surface area contributed by atoms with Crippen LogP contribution in [0.2, 0.25) is 0 Å². The number of carbonyl (C=O) groups is 2. The lowest BCUT2D eigenvalue weighted by molar-refractivity contribution is -0.138. The van der Waals surface area contributed by atoms with Crippen molar-refractivity contribution in [2.45, 2.75) is 12.8 Å². The van der Waals surface area contributed by atoms with Crippen LogP contribution in [-0.4, -0.2) is 31.1 Å². The highest BCUT2D eigenvalue weighted by molar-refractivity contribution is 5.98. The summed E-state index contributed by atoms with van der Waals surface area (Å²) in [5.74, 6) is -1.29. The molecule has 29 heavy (non-hydrogen) atoms. The van der Waals surface area contributed by atoms with E-state index in [1.54, 1.807) is 0 Å². The van der Waals surface area contributed by atoms with Crippen LogP contribution in [0.1, 0.15) is 11.3 Å². The number of fused-ring (bicyclic) bond motifs is 1. The van der Waals surface area contributed by atoms with E-state index < -0.39 is 11.9 Å². The molecule has 3 aromatic rings. The Kier molecular flexibility index (Phi) is 6.58. The first-order valence-corrected chi connectivity index (χ1v) is 9.18. The van der Waals surface area contributed by atoms with Crippen LogP contribution in [-0.2, 0) is 31.9 Å². The van der Waals surface area contributed by atoms with Crippen LogP contribution in [0.3, 0.4) is 0 Å². The minimum Gasteiger partial charge on any atom is -0.466 e. The van der Waals surface area contributed by atoms with Crippen LogP contribution >= 0.6 is 0 Å². The Balaban J connectivity index is 1.79. The molecule has 0 aliphatic heterocycles. The maximum Gasteiger partial charge on any atom is 0.354 e. The average molecular weight is 390 g/mol. The van der Waals surface area contributed by atoms with E-state index >= 15 is 0 Å². The average Bonchev–Trinajstić information content (AvgIpc) is 2.77. The Morgan fingerprint density at radius 2 is 1.69 bits per heavy atom. The number of ether oxygens (including phenoxy) is 2. The molecule has 0 unspecified atom stereocenters. The third-order valence-electron chi connectivity index (χ3n) is 4.46. The maximum absolute atomic E-state index is 12.0. The van der Waals surface area contributed by atoms with E-state index in [4.69, 9.17) is 9.72 Å². The third-order valence-corrected chi connectivity index (χ3v) is 4.46. The van der Waals surface area contributed by atoms with Crippen LogP contribution < -0.4 is 5.32 Å². The largest absolute Gasteiger partial charge is 0.466 e. The molecule has 0 saturated carbocycles. The molecule has 0 spiro atoms. The van der Waals surface area contributed by atoms with Crippen molar-refractivity contribution in [1.82, 2.24) is 4.98 Å². The number of hydrogen-bond acceptors (Lipinski definition) is 6. The van der Waals surface area contributed by atoms with Crippen molar-refractivity contribution in [2.75, 3.05) is 19.5 Å². The lowest BCUT2D eigenvalue weighted by Crippen LogP contribution is -2.16. The summed E-state index contributed by atoms with van der Waals surface area (Å²) < 4.78 is 9.36. The zero-order valence-electron chi connectivity index (χ0n) is 16.3. The predicted molar refractivity (Wildman–Crippen MR) is 111 cm³/mol. The van der Waals surface area contributed by atoms with Crippen LogP contribution in [0.25, 0.3) is 10.9 Å². The van der Waals surface area contributed by atoms with Gasteiger partial charge in [0.2, 0.25) is 0 Å². The molecular weight excluding hydrogens is 368 g/mol. The minimum atomic E-state index is -0.651. The number of aromatic nitrogens is 1. The molecule has 0 aliphatic rings. The zero-order chi connectivity index (χ0) is 20.6. The number of esters is 2. The van der Waals surface area contributed by atoms with Crippen molar-refractivity contribution in [3.63, 3.8) is 0 Å². The van der Waals surface area contributed by atoms with Gasteiger partial charge < -0.3 is 14.8 Å². The normalized spacial score (nSPS) is 11.2. The third kappa shape index (κ3) is 5.19. The molecule has 0 saturated heterocycles. The lowest BCUT2D eigenvalue weighted by atomic mass is 10.0. The van der Waals surface area contributed by atoms with Gasteiger partial charge in [-0.15, -0.1) is 0 Å². The Hall–Kier alpha value is -3.67. The number of nitrogens with zero attached hydrogens (tertiary/aromatic N) is 1. The Morgan fingerprint density at radius 3 is 2.48 bits per heavy atom. The quantitative estimate of drug-likeness (QED) is 0.490. The molecular formula is C23H22N2O4. The molecule has 0 fully saturated rings. The van der Waals surface area contributed by atoms with Gasteiger partial charge in [0.05, 0.1) is 25.8 Å². The summed E-state index contributed by atoms with van der Waals surface area (Å²) in [6, 6.07) is 19.7. The molecule has 6 heteroatoms. The van der Waals surface area contributed by atoms with Gasteiger partial charge in [-0.2, -0.15) is 0 Å². The molecule has 1 heterocycles. The first kappa shape index (κ1) is 20.1. The van der Waals surface area contributed by atoms with Gasteiger partial charge in [0, 0.05) is 16.8 Å². The summed E-state index contributed by atoms with van der Waals surface area (Å²) in [4.78, 5) is 28.3. The zero-order valence-corrected chi connectivity index (χ0v) is 16.3. The molecule has 148 valence electrons. The number of para-hydroxylation sites is 2. The molecule has 0 aliphatic carbocycles. The summed E-state index contributed by atoms with van der Waals surface area (Å²) in [5, 5.41) is 4.10. The fourth-order valence-electron chi connectivity index (χ4n) is 2.95. The summed E-state index contributed by atoms with van der Waals surface area (Å²) >= 11 is 0. The number of hydrogen-bond donors (Lipinski definition) is 1. The topological polar surface area (TPSA) is 77.5 Å². The minimum absolute atomic E-state index is 0.00984. The first-order chi connectivity index (χ1) is 14.1. The number of methoxy groups -OCH3 is 2. The van der Waals surface area contributed by atoms with Crippen molar-refractivity contribution in [3.8, 4) is 0 Å². The lowest BCUT2D eigenvalue weighted by Gasteiger charge is -2.13. The number of benzene rings is 2. The summed E-state index contributed by atoms with van der Waals surface area (Å²) in [5.41, 5.74) is 3.66. The molecule has 6 nitrogen and oxygen atoms in total. The highest BCUT2D eigenvalue weighted by Gasteiger charge is 2.14. The molecule has 1 aromatic heterocycles. The number of rotatable bonds is 7. The maximum atomic E-state index is 12.0. The van der Waals surface area contributed by atoms with Gasteiger partial charge in [0.1, 0.15) is 5.70 Å². The van der Waals surface area contributed by atoms with E-state index in [0.717, 1.165) is 34.7 Å². The summed E-state index contributed by atoms with van der Waals surface area (Å²) in [7, 11) is 2.50. The van der Waals surface area contributed by atoms with E-state index in [1.165, 1.54) is 14.2 Å². The SMILES string of the molecule is COC(=O)/C=C(/Nc1ccccc1CCc1ccc2ccccc2n1)C(=O)OC. The molecule has 0 atom stereocenters. The van der Waals surface area contributed by atoms with Crippen LogP contribution in [0.5, 0.6) is 0 Å². The molecule has 2 aromatic carbocycles. The van der Waals surface area contributed by atoms with E-state index in [-0.39, 0.29) is 5.70 Å². The number of anilines is 1. The van der Waals surface area contributed by atoms with Gasteiger partial charge in [-0.3, -0.25) is 4.98 Å². The molecule has 1 N–H and O–H groups in total. The number of nitrogens with one attached hydrogen (secondary N) is 1. The summed E-state index contributed by atoms with van der Waals surface area (Å²) in [6.07, 6.45) is 2.52. The van der Waals surface area contributed by atoms with Crippen molar-refractivity contribution in [1.29, 1.82) is 0 Å². The van der Waals surface area contributed by atoms with Crippen LogP contribution in [0, 0.1) is 0 Å². The molecule has 0 amide bonds. The van der Waals surface area contributed by atoms with Gasteiger partial charge in [0.25, 0.3) is 0 Å². The van der Waals surface area contributed by atoms with Crippen LogP contribution in [0.4, 0.5) is 5.69 Å². The molecule has 0 bridgehead atoms. The van der Waals surface area contributed by atoms with Gasteiger partial charge in [-0.25, -0.2) is 9.59 Å². The smallest absolute Gasteiger partial charge is 0.354 e. The Morgan fingerprint density at radius 1 is 0.931 bits per heavy atom. The van der Waals surface area contributed by atoms with E-state index in [0.29, 0.717) is 12.1 Å². The predicted octanol–water partition coefficient (Wildman–Crippen LogP) is 3.66. The number of pyridine rings is 1. The second-order valence-electron chi connectivity index (χ2n) is 6.35. The second-order valence-corrected chi connectivity index (χ2v) is 6.35. The number of aryl methyl sites for hydroxylation is 2. The van der Waals surface area contributed by atoms with E-state index in [1.807, 2.05) is 54.6 Å². The van der Waals surface area contributed by atoms with Gasteiger partial charge in [0.15, 0.2) is 0 Å². The summed E-state index contributed by atoms with van der Waals surface area (Å²) in [6.45, 7) is 0. The van der Waals surface area contributed by atoms with Gasteiger partial charge in [-0.05, 0) is 36.6 Å². The molecule has 3 rings (SSSR count).